The van der Waals surface area contributed by atoms with Crippen molar-refractivity contribution in [2.75, 3.05) is 6.54 Å². The molecule has 85 valence electrons. The summed E-state index contributed by atoms with van der Waals surface area (Å²) in [7, 11) is 0. The quantitative estimate of drug-likeness (QED) is 0.499. The third kappa shape index (κ3) is 5.95. The van der Waals surface area contributed by atoms with E-state index in [1.807, 2.05) is 0 Å². The Bertz CT molecular complexity index is 297. The monoisotopic (exact) mass is 314 g/mol. The van der Waals surface area contributed by atoms with Crippen LogP contribution in [0.3, 0.4) is 0 Å². The zero-order valence-electron chi connectivity index (χ0n) is 7.70. The minimum absolute atomic E-state index is 0. The number of hydrogen-bond acceptors (Lipinski definition) is 4. The molecule has 0 aliphatic carbocycles. The van der Waals surface area contributed by atoms with Crippen LogP contribution in [0.4, 0.5) is 5.69 Å². The molecule has 1 rings (SSSR count). The van der Waals surface area contributed by atoms with Gasteiger partial charge in [0, 0.05) is 0 Å². The summed E-state index contributed by atoms with van der Waals surface area (Å²) in [5, 5.41) is 11.2. The van der Waals surface area contributed by atoms with Crippen molar-refractivity contribution >= 4 is 50.7 Å². The van der Waals surface area contributed by atoms with Crippen molar-refractivity contribution in [2.45, 2.75) is 5.21 Å². The van der Waals surface area contributed by atoms with Crippen LogP contribution in [0.15, 0.2) is 18.3 Å². The Labute approximate surface area is 106 Å². The molecular formula is C7H11AsCl2N3O2. The number of hydrogen-bond donors (Lipinski definition) is 1. The molecule has 0 aliphatic rings. The average molecular weight is 315 g/mol. The summed E-state index contributed by atoms with van der Waals surface area (Å²) >= 11 is -0.0262. The summed E-state index contributed by atoms with van der Waals surface area (Å²) < 4.78 is 0.937. The second-order valence-corrected chi connectivity index (χ2v) is 4.87. The fourth-order valence-corrected chi connectivity index (χ4v) is 2.18. The number of nitrogens with two attached hydrogens (primary N) is 1. The van der Waals surface area contributed by atoms with Gasteiger partial charge in [0.1, 0.15) is 0 Å². The summed E-state index contributed by atoms with van der Waals surface area (Å²) in [6.45, 7) is 0.651. The molecule has 0 aromatic carbocycles. The molecule has 2 N–H and O–H groups in total. The predicted octanol–water partition coefficient (Wildman–Crippen LogP) is 0.540. The topological polar surface area (TPSA) is 82.0 Å². The van der Waals surface area contributed by atoms with E-state index < -0.39 is 4.92 Å². The Morgan fingerprint density at radius 2 is 2.13 bits per heavy atom. The zero-order valence-corrected chi connectivity index (χ0v) is 11.2. The van der Waals surface area contributed by atoms with Crippen LogP contribution in [-0.2, 0) is 0 Å². The van der Waals surface area contributed by atoms with Crippen LogP contribution in [0.1, 0.15) is 0 Å². The summed E-state index contributed by atoms with van der Waals surface area (Å²) in [4.78, 5) is 13.8. The van der Waals surface area contributed by atoms with Crippen LogP contribution in [-0.4, -0.2) is 32.2 Å². The maximum atomic E-state index is 10.3. The first-order valence-electron chi connectivity index (χ1n) is 3.72. The number of pyridine rings is 1. The molecule has 1 radical (unpaired) electrons. The van der Waals surface area contributed by atoms with Crippen molar-refractivity contribution < 1.29 is 4.92 Å². The van der Waals surface area contributed by atoms with E-state index in [1.54, 1.807) is 6.07 Å². The minimum atomic E-state index is -0.448. The van der Waals surface area contributed by atoms with E-state index in [2.05, 4.69) is 4.98 Å². The molecule has 0 amide bonds. The molecule has 0 fully saturated rings. The third-order valence-corrected chi connectivity index (χ3v) is 3.59. The van der Waals surface area contributed by atoms with Crippen molar-refractivity contribution in [3.8, 4) is 0 Å². The second kappa shape index (κ2) is 8.92. The first-order chi connectivity index (χ1) is 6.24. The summed E-state index contributed by atoms with van der Waals surface area (Å²) in [6.07, 6.45) is 1.29. The van der Waals surface area contributed by atoms with Crippen molar-refractivity contribution in [1.29, 1.82) is 0 Å². The van der Waals surface area contributed by atoms with Gasteiger partial charge in [-0.2, -0.15) is 0 Å². The summed E-state index contributed by atoms with van der Waals surface area (Å²) in [5.74, 6) is 0. The van der Waals surface area contributed by atoms with Gasteiger partial charge in [-0.3, -0.25) is 0 Å². The molecule has 5 nitrogen and oxygen atoms in total. The Morgan fingerprint density at radius 1 is 1.47 bits per heavy atom. The zero-order chi connectivity index (χ0) is 9.68. The van der Waals surface area contributed by atoms with E-state index in [0.29, 0.717) is 6.54 Å². The van der Waals surface area contributed by atoms with E-state index in [9.17, 15) is 10.1 Å². The average Bonchev–Trinajstić information content (AvgIpc) is 2.15. The van der Waals surface area contributed by atoms with Crippen molar-refractivity contribution in [3.63, 3.8) is 0 Å². The molecule has 15 heavy (non-hydrogen) atoms. The maximum absolute atomic E-state index is 10.3. The second-order valence-electron chi connectivity index (χ2n) is 2.30. The van der Waals surface area contributed by atoms with Crippen LogP contribution >= 0.6 is 24.8 Å². The first kappa shape index (κ1) is 17.1. The molecule has 0 atom stereocenters. The molecule has 1 heterocycles. The van der Waals surface area contributed by atoms with Crippen LogP contribution in [0.25, 0.3) is 0 Å². The van der Waals surface area contributed by atoms with Crippen molar-refractivity contribution in [1.82, 2.24) is 4.98 Å². The van der Waals surface area contributed by atoms with Gasteiger partial charge >= 0.3 is 81.8 Å². The molecular weight excluding hydrogens is 304 g/mol. The van der Waals surface area contributed by atoms with E-state index in [1.165, 1.54) is 12.3 Å². The number of nitro groups is 1. The fourth-order valence-electron chi connectivity index (χ4n) is 0.759. The predicted molar refractivity (Wildman–Crippen MR) is 64.6 cm³/mol. The summed E-state index contributed by atoms with van der Waals surface area (Å²) in [5.41, 5.74) is 5.38. The van der Waals surface area contributed by atoms with Crippen molar-refractivity contribution in [3.05, 3.63) is 28.4 Å². The van der Waals surface area contributed by atoms with E-state index in [-0.39, 0.29) is 46.3 Å². The van der Waals surface area contributed by atoms with Gasteiger partial charge in [-0.25, -0.2) is 0 Å². The Balaban J connectivity index is 0. The van der Waals surface area contributed by atoms with Gasteiger partial charge in [-0.05, 0) is 0 Å². The summed E-state index contributed by atoms with van der Waals surface area (Å²) in [6, 6.07) is 3.18. The van der Waals surface area contributed by atoms with Gasteiger partial charge < -0.3 is 0 Å². The fraction of sp³-hybridized carbons (Fsp3) is 0.286. The van der Waals surface area contributed by atoms with Gasteiger partial charge in [0.25, 0.3) is 0 Å². The number of nitrogens with zero attached hydrogens (tertiary/aromatic N) is 2. The van der Waals surface area contributed by atoms with Gasteiger partial charge in [0.2, 0.25) is 0 Å². The SMILES string of the molecule is Cl.Cl.NCC[As]c1ccc([N+](=O)[O-])cn1. The molecule has 1 aromatic heterocycles. The Morgan fingerprint density at radius 3 is 2.53 bits per heavy atom. The van der Waals surface area contributed by atoms with Gasteiger partial charge in [0.15, 0.2) is 0 Å². The molecule has 0 saturated carbocycles. The van der Waals surface area contributed by atoms with Crippen molar-refractivity contribution in [2.24, 2.45) is 5.73 Å². The van der Waals surface area contributed by atoms with Crippen LogP contribution < -0.4 is 10.2 Å². The Hall–Kier alpha value is -0.352. The van der Waals surface area contributed by atoms with E-state index in [4.69, 9.17) is 5.73 Å². The Kier molecular flexibility index (Phi) is 10.1. The molecule has 1 aromatic rings. The molecule has 0 aliphatic heterocycles. The van der Waals surface area contributed by atoms with Gasteiger partial charge in [-0.15, -0.1) is 24.8 Å². The van der Waals surface area contributed by atoms with E-state index in [0.717, 1.165) is 9.69 Å². The van der Waals surface area contributed by atoms with Crippen LogP contribution in [0.5, 0.6) is 0 Å². The standard InChI is InChI=1S/C7H9AsN3O2.2ClH/c9-4-3-8-7-2-1-6(5-10-7)11(12)13;;/h1-2,5H,3-4,9H2;2*1H. The third-order valence-electron chi connectivity index (χ3n) is 1.35. The molecule has 0 unspecified atom stereocenters. The normalized spacial score (nSPS) is 9.40. The molecule has 0 spiro atoms. The van der Waals surface area contributed by atoms with Gasteiger partial charge in [0.05, 0.1) is 0 Å². The number of rotatable bonds is 4. The molecule has 0 bridgehead atoms. The molecule has 8 heteroatoms. The van der Waals surface area contributed by atoms with E-state index >= 15 is 0 Å². The number of aromatic nitrogens is 1. The number of halogens is 2. The molecule has 0 saturated heterocycles. The van der Waals surface area contributed by atoms with Crippen LogP contribution in [0, 0.1) is 10.1 Å². The van der Waals surface area contributed by atoms with Gasteiger partial charge in [-0.1, -0.05) is 0 Å². The van der Waals surface area contributed by atoms with Crippen LogP contribution in [0.2, 0.25) is 5.21 Å². The first-order valence-corrected chi connectivity index (χ1v) is 5.98.